The Kier molecular flexibility index (Phi) is 3.64. The smallest absolute Gasteiger partial charge is 0.307 e. The highest BCUT2D eigenvalue weighted by molar-refractivity contribution is 5.95. The van der Waals surface area contributed by atoms with Gasteiger partial charge in [-0.05, 0) is 18.8 Å². The third kappa shape index (κ3) is 2.52. The molecule has 1 aliphatic rings. The maximum atomic E-state index is 12.1. The number of H-pyrrole nitrogens is 1. The first-order valence-corrected chi connectivity index (χ1v) is 6.14. The predicted molar refractivity (Wildman–Crippen MR) is 64.8 cm³/mol. The van der Waals surface area contributed by atoms with Crippen molar-refractivity contribution in [3.8, 4) is 0 Å². The Balaban J connectivity index is 2.05. The lowest BCUT2D eigenvalue weighted by Crippen LogP contribution is -2.29. The van der Waals surface area contributed by atoms with Gasteiger partial charge < -0.3 is 10.4 Å². The second-order valence-electron chi connectivity index (χ2n) is 4.77. The van der Waals surface area contributed by atoms with Crippen LogP contribution in [0, 0.1) is 17.8 Å². The van der Waals surface area contributed by atoms with E-state index in [-0.39, 0.29) is 5.91 Å². The first-order chi connectivity index (χ1) is 8.61. The lowest BCUT2D eigenvalue weighted by atomic mass is 9.95. The Hall–Kier alpha value is -1.85. The number of nitrogens with zero attached hydrogens (tertiary/aromatic N) is 1. The van der Waals surface area contributed by atoms with Crippen LogP contribution in [0.25, 0.3) is 0 Å². The third-order valence-electron chi connectivity index (χ3n) is 3.66. The number of aromatic nitrogens is 2. The zero-order chi connectivity index (χ0) is 13.1. The van der Waals surface area contributed by atoms with E-state index in [1.54, 1.807) is 6.20 Å². The molecule has 3 N–H and O–H groups in total. The van der Waals surface area contributed by atoms with Crippen LogP contribution in [0.15, 0.2) is 12.4 Å². The van der Waals surface area contributed by atoms with Gasteiger partial charge in [-0.3, -0.25) is 14.7 Å². The Morgan fingerprint density at radius 2 is 2.22 bits per heavy atom. The first kappa shape index (κ1) is 12.6. The average Bonchev–Trinajstić information content (AvgIpc) is 2.96. The SMILES string of the molecule is CCC1CC(C(=O)O)C(C(=O)Nc2cn[nH]c2)C1. The number of carbonyl (C=O) groups is 2. The summed E-state index contributed by atoms with van der Waals surface area (Å²) in [5.74, 6) is -1.78. The summed E-state index contributed by atoms with van der Waals surface area (Å²) in [5.41, 5.74) is 0.573. The number of hydrogen-bond donors (Lipinski definition) is 3. The second kappa shape index (κ2) is 5.20. The molecule has 0 saturated heterocycles. The molecule has 3 unspecified atom stereocenters. The van der Waals surface area contributed by atoms with E-state index in [1.165, 1.54) is 6.20 Å². The van der Waals surface area contributed by atoms with Gasteiger partial charge >= 0.3 is 5.97 Å². The van der Waals surface area contributed by atoms with E-state index >= 15 is 0 Å². The predicted octanol–water partition coefficient (Wildman–Crippen LogP) is 1.49. The molecule has 98 valence electrons. The van der Waals surface area contributed by atoms with Crippen LogP contribution in [0.4, 0.5) is 5.69 Å². The van der Waals surface area contributed by atoms with E-state index in [2.05, 4.69) is 15.5 Å². The molecule has 2 rings (SSSR count). The van der Waals surface area contributed by atoms with Crippen LogP contribution in [0.2, 0.25) is 0 Å². The van der Waals surface area contributed by atoms with Crippen molar-refractivity contribution in [1.29, 1.82) is 0 Å². The van der Waals surface area contributed by atoms with Gasteiger partial charge in [0.1, 0.15) is 0 Å². The summed E-state index contributed by atoms with van der Waals surface area (Å²) in [6, 6.07) is 0. The van der Waals surface area contributed by atoms with Crippen LogP contribution in [-0.4, -0.2) is 27.2 Å². The summed E-state index contributed by atoms with van der Waals surface area (Å²) in [5, 5.41) is 18.2. The highest BCUT2D eigenvalue weighted by Crippen LogP contribution is 2.38. The monoisotopic (exact) mass is 251 g/mol. The molecule has 1 fully saturated rings. The van der Waals surface area contributed by atoms with E-state index in [0.717, 1.165) is 6.42 Å². The fourth-order valence-corrected chi connectivity index (χ4v) is 2.59. The molecular formula is C12H17N3O3. The van der Waals surface area contributed by atoms with Crippen molar-refractivity contribution in [3.05, 3.63) is 12.4 Å². The number of amides is 1. The molecule has 18 heavy (non-hydrogen) atoms. The van der Waals surface area contributed by atoms with Gasteiger partial charge in [0.05, 0.1) is 23.7 Å². The molecule has 3 atom stereocenters. The number of carboxylic acid groups (broad SMARTS) is 1. The van der Waals surface area contributed by atoms with Gasteiger partial charge in [-0.25, -0.2) is 0 Å². The maximum absolute atomic E-state index is 12.1. The van der Waals surface area contributed by atoms with Crippen molar-refractivity contribution in [1.82, 2.24) is 10.2 Å². The molecule has 6 nitrogen and oxygen atoms in total. The molecule has 0 bridgehead atoms. The second-order valence-corrected chi connectivity index (χ2v) is 4.77. The summed E-state index contributed by atoms with van der Waals surface area (Å²) in [7, 11) is 0. The fraction of sp³-hybridized carbons (Fsp3) is 0.583. The van der Waals surface area contributed by atoms with Gasteiger partial charge in [0.25, 0.3) is 0 Å². The lowest BCUT2D eigenvalue weighted by molar-refractivity contribution is -0.145. The van der Waals surface area contributed by atoms with Crippen molar-refractivity contribution >= 4 is 17.6 Å². The van der Waals surface area contributed by atoms with Crippen LogP contribution in [0.3, 0.4) is 0 Å². The fourth-order valence-electron chi connectivity index (χ4n) is 2.59. The standard InChI is InChI=1S/C12H17N3O3/c1-2-7-3-9(10(4-7)12(17)18)11(16)15-8-5-13-14-6-8/h5-7,9-10H,2-4H2,1H3,(H,13,14)(H,15,16)(H,17,18). The number of hydrogen-bond acceptors (Lipinski definition) is 3. The molecular weight excluding hydrogens is 234 g/mol. The summed E-state index contributed by atoms with van der Waals surface area (Å²) in [4.78, 5) is 23.3. The number of carboxylic acids is 1. The quantitative estimate of drug-likeness (QED) is 0.755. The van der Waals surface area contributed by atoms with Crippen molar-refractivity contribution in [3.63, 3.8) is 0 Å². The van der Waals surface area contributed by atoms with Crippen LogP contribution < -0.4 is 5.32 Å². The normalized spacial score (nSPS) is 27.1. The van der Waals surface area contributed by atoms with Gasteiger partial charge in [0.2, 0.25) is 5.91 Å². The number of nitrogens with one attached hydrogen (secondary N) is 2. The van der Waals surface area contributed by atoms with Gasteiger partial charge in [0.15, 0.2) is 0 Å². The number of carbonyl (C=O) groups excluding carboxylic acids is 1. The molecule has 1 saturated carbocycles. The van der Waals surface area contributed by atoms with Gasteiger partial charge in [-0.1, -0.05) is 13.3 Å². The van der Waals surface area contributed by atoms with E-state index < -0.39 is 17.8 Å². The minimum Gasteiger partial charge on any atom is -0.481 e. The third-order valence-corrected chi connectivity index (χ3v) is 3.66. The summed E-state index contributed by atoms with van der Waals surface area (Å²) < 4.78 is 0. The maximum Gasteiger partial charge on any atom is 0.307 e. The molecule has 1 aliphatic carbocycles. The molecule has 0 aromatic carbocycles. The van der Waals surface area contributed by atoms with Crippen LogP contribution in [0.1, 0.15) is 26.2 Å². The minimum absolute atomic E-state index is 0.222. The van der Waals surface area contributed by atoms with Gasteiger partial charge in [-0.15, -0.1) is 0 Å². The Morgan fingerprint density at radius 3 is 2.78 bits per heavy atom. The van der Waals surface area contributed by atoms with E-state index in [4.69, 9.17) is 0 Å². The van der Waals surface area contributed by atoms with E-state index in [0.29, 0.717) is 24.4 Å². The summed E-state index contributed by atoms with van der Waals surface area (Å²) >= 11 is 0. The van der Waals surface area contributed by atoms with E-state index in [9.17, 15) is 14.7 Å². The summed E-state index contributed by atoms with van der Waals surface area (Å²) in [6.07, 6.45) is 5.23. The van der Waals surface area contributed by atoms with Crippen LogP contribution >= 0.6 is 0 Å². The molecule has 0 spiro atoms. The topological polar surface area (TPSA) is 95.1 Å². The number of rotatable bonds is 4. The largest absolute Gasteiger partial charge is 0.481 e. The zero-order valence-electron chi connectivity index (χ0n) is 10.2. The summed E-state index contributed by atoms with van der Waals surface area (Å²) in [6.45, 7) is 2.03. The van der Waals surface area contributed by atoms with Crippen molar-refractivity contribution < 1.29 is 14.7 Å². The number of aliphatic carboxylic acids is 1. The minimum atomic E-state index is -0.877. The molecule has 1 heterocycles. The Labute approximate surface area is 105 Å². The molecule has 1 aromatic rings. The van der Waals surface area contributed by atoms with Crippen LogP contribution in [0.5, 0.6) is 0 Å². The first-order valence-electron chi connectivity index (χ1n) is 6.14. The average molecular weight is 251 g/mol. The van der Waals surface area contributed by atoms with Gasteiger partial charge in [-0.2, -0.15) is 5.10 Å². The molecule has 1 amide bonds. The Bertz CT molecular complexity index is 430. The van der Waals surface area contributed by atoms with Crippen molar-refractivity contribution in [2.45, 2.75) is 26.2 Å². The molecule has 6 heteroatoms. The van der Waals surface area contributed by atoms with Crippen molar-refractivity contribution in [2.24, 2.45) is 17.8 Å². The Morgan fingerprint density at radius 1 is 1.50 bits per heavy atom. The molecule has 1 aromatic heterocycles. The van der Waals surface area contributed by atoms with E-state index in [1.807, 2.05) is 6.92 Å². The number of anilines is 1. The highest BCUT2D eigenvalue weighted by Gasteiger charge is 2.42. The van der Waals surface area contributed by atoms with Gasteiger partial charge in [0, 0.05) is 6.20 Å². The lowest BCUT2D eigenvalue weighted by Gasteiger charge is -2.14. The van der Waals surface area contributed by atoms with Crippen molar-refractivity contribution in [2.75, 3.05) is 5.32 Å². The molecule has 0 aliphatic heterocycles. The molecule has 0 radical (unpaired) electrons. The zero-order valence-corrected chi connectivity index (χ0v) is 10.2. The van der Waals surface area contributed by atoms with Crippen LogP contribution in [-0.2, 0) is 9.59 Å². The number of aromatic amines is 1. The highest BCUT2D eigenvalue weighted by atomic mass is 16.4.